The van der Waals surface area contributed by atoms with Crippen molar-refractivity contribution in [3.8, 4) is 0 Å². The maximum Gasteiger partial charge on any atom is 0.375 e. The number of carbonyl (C=O) groups is 3. The average molecular weight is 472 g/mol. The molecule has 0 aromatic carbocycles. The third-order valence-electron chi connectivity index (χ3n) is 8.46. The summed E-state index contributed by atoms with van der Waals surface area (Å²) in [5, 5.41) is -0.532. The molecule has 0 aliphatic heterocycles. The number of nitrogens with two attached hydrogens (primary N) is 1. The van der Waals surface area contributed by atoms with Gasteiger partial charge in [0.1, 0.15) is 6.17 Å². The smallest absolute Gasteiger partial charge is 0.375 e. The van der Waals surface area contributed by atoms with E-state index in [1.165, 1.54) is 24.5 Å². The van der Waals surface area contributed by atoms with Gasteiger partial charge in [-0.15, -0.1) is 12.6 Å². The van der Waals surface area contributed by atoms with E-state index in [1.54, 1.807) is 12.1 Å². The highest BCUT2D eigenvalue weighted by Crippen LogP contribution is 2.66. The summed E-state index contributed by atoms with van der Waals surface area (Å²) in [6.07, 6.45) is 7.31. The Bertz CT molecular complexity index is 1140. The molecule has 4 aliphatic rings. The van der Waals surface area contributed by atoms with Crippen LogP contribution in [0, 0.1) is 23.2 Å². The predicted octanol–water partition coefficient (Wildman–Crippen LogP) is 3.74. The summed E-state index contributed by atoms with van der Waals surface area (Å²) in [5.74, 6) is -1.78. The number of alkyl halides is 1. The Balaban J connectivity index is 1.59. The van der Waals surface area contributed by atoms with E-state index in [2.05, 4.69) is 12.6 Å². The molecule has 0 radical (unpaired) electrons. The van der Waals surface area contributed by atoms with E-state index in [4.69, 9.17) is 14.9 Å². The zero-order valence-corrected chi connectivity index (χ0v) is 19.3. The Kier molecular flexibility index (Phi) is 4.92. The first-order valence-electron chi connectivity index (χ1n) is 11.1. The average Bonchev–Trinajstić information content (AvgIpc) is 3.36. The SMILES string of the molecule is C[C@@H]1CC2C3C[C@H](F)C4=CC(=O)C=CC4(N)C3=CCC2(C)[C@@]1(OC(=O)c1ccco1)C(=O)S. The zero-order valence-electron chi connectivity index (χ0n) is 18.4. The van der Waals surface area contributed by atoms with Gasteiger partial charge < -0.3 is 14.9 Å². The molecule has 1 aromatic rings. The molecule has 2 fully saturated rings. The molecular formula is C25H26FNO5S. The van der Waals surface area contributed by atoms with Crippen LogP contribution in [0.25, 0.3) is 0 Å². The largest absolute Gasteiger partial charge is 0.457 e. The van der Waals surface area contributed by atoms with Gasteiger partial charge in [0.25, 0.3) is 0 Å². The molecule has 33 heavy (non-hydrogen) atoms. The lowest BCUT2D eigenvalue weighted by Crippen LogP contribution is -2.60. The molecule has 7 atom stereocenters. The lowest BCUT2D eigenvalue weighted by molar-refractivity contribution is -0.151. The van der Waals surface area contributed by atoms with Gasteiger partial charge in [0.05, 0.1) is 11.8 Å². The van der Waals surface area contributed by atoms with Gasteiger partial charge in [-0.2, -0.15) is 0 Å². The molecule has 4 unspecified atom stereocenters. The monoisotopic (exact) mass is 471 g/mol. The molecule has 0 spiro atoms. The van der Waals surface area contributed by atoms with Gasteiger partial charge in [0.15, 0.2) is 11.4 Å². The van der Waals surface area contributed by atoms with Crippen molar-refractivity contribution in [2.75, 3.05) is 0 Å². The molecule has 0 amide bonds. The van der Waals surface area contributed by atoms with Gasteiger partial charge >= 0.3 is 5.97 Å². The number of fused-ring (bicyclic) bond motifs is 5. The number of hydrogen-bond acceptors (Lipinski definition) is 6. The van der Waals surface area contributed by atoms with Crippen molar-refractivity contribution in [3.63, 3.8) is 0 Å². The maximum atomic E-state index is 15.4. The number of ether oxygens (including phenoxy) is 1. The second-order valence-electron chi connectivity index (χ2n) is 9.95. The van der Waals surface area contributed by atoms with Crippen LogP contribution in [0.5, 0.6) is 0 Å². The molecular weight excluding hydrogens is 445 g/mol. The zero-order chi connectivity index (χ0) is 23.8. The quantitative estimate of drug-likeness (QED) is 0.396. The van der Waals surface area contributed by atoms with E-state index < -0.39 is 33.8 Å². The lowest BCUT2D eigenvalue weighted by Gasteiger charge is -2.54. The predicted molar refractivity (Wildman–Crippen MR) is 121 cm³/mol. The molecule has 4 aliphatic carbocycles. The maximum absolute atomic E-state index is 15.4. The molecule has 6 nitrogen and oxygen atoms in total. The highest BCUT2D eigenvalue weighted by atomic mass is 32.1. The normalized spacial score (nSPS) is 41.4. The number of carbonyl (C=O) groups excluding carboxylic acids is 3. The summed E-state index contributed by atoms with van der Waals surface area (Å²) >= 11 is 4.19. The number of hydrogen-bond donors (Lipinski definition) is 2. The van der Waals surface area contributed by atoms with Crippen molar-refractivity contribution in [1.82, 2.24) is 0 Å². The summed E-state index contributed by atoms with van der Waals surface area (Å²) in [7, 11) is 0. The third kappa shape index (κ3) is 2.86. The van der Waals surface area contributed by atoms with Gasteiger partial charge in [-0.3, -0.25) is 9.59 Å². The van der Waals surface area contributed by atoms with Crippen LogP contribution in [0.3, 0.4) is 0 Å². The van der Waals surface area contributed by atoms with E-state index >= 15 is 4.39 Å². The summed E-state index contributed by atoms with van der Waals surface area (Å²) in [6, 6.07) is 3.05. The fourth-order valence-corrected chi connectivity index (χ4v) is 7.44. The number of thiol groups is 1. The minimum absolute atomic E-state index is 0.00411. The minimum atomic E-state index is -1.51. The van der Waals surface area contributed by atoms with E-state index in [-0.39, 0.29) is 41.3 Å². The van der Waals surface area contributed by atoms with Crippen LogP contribution >= 0.6 is 12.6 Å². The van der Waals surface area contributed by atoms with Crippen molar-refractivity contribution in [2.45, 2.75) is 50.4 Å². The Morgan fingerprint density at radius 3 is 2.73 bits per heavy atom. The van der Waals surface area contributed by atoms with E-state index in [9.17, 15) is 14.4 Å². The summed E-state index contributed by atoms with van der Waals surface area (Å²) in [6.45, 7) is 3.78. The second kappa shape index (κ2) is 7.27. The molecule has 0 saturated heterocycles. The van der Waals surface area contributed by atoms with Gasteiger partial charge in [0.2, 0.25) is 10.9 Å². The van der Waals surface area contributed by atoms with Gasteiger partial charge in [0, 0.05) is 11.3 Å². The first-order valence-corrected chi connectivity index (χ1v) is 11.6. The molecule has 2 saturated carbocycles. The standard InChI is InChI=1S/C25H26FNO5S/c1-13-10-17-15-12-19(26)18-11-14(28)5-8-24(18,27)16(15)6-7-23(17,2)25(13,22(30)33)32-21(29)20-4-3-9-31-20/h3-6,8-9,11,13,15,17,19H,7,10,12,27H2,1-2H3,(H,30,33)/t13-,15?,17?,19+,23?,24?,25+/m1/s1. The minimum Gasteiger partial charge on any atom is -0.457 e. The Morgan fingerprint density at radius 2 is 2.06 bits per heavy atom. The Labute approximate surface area is 196 Å². The number of ketones is 1. The van der Waals surface area contributed by atoms with Crippen molar-refractivity contribution in [3.05, 3.63) is 59.6 Å². The number of furan rings is 1. The molecule has 2 N–H and O–H groups in total. The number of esters is 1. The van der Waals surface area contributed by atoms with Gasteiger partial charge in [-0.25, -0.2) is 9.18 Å². The van der Waals surface area contributed by atoms with Crippen molar-refractivity contribution < 1.29 is 27.9 Å². The van der Waals surface area contributed by atoms with E-state index in [1.807, 2.05) is 19.9 Å². The third-order valence-corrected chi connectivity index (χ3v) is 8.79. The van der Waals surface area contributed by atoms with Crippen LogP contribution in [0.15, 0.2) is 58.3 Å². The van der Waals surface area contributed by atoms with E-state index in [0.29, 0.717) is 12.8 Å². The van der Waals surface area contributed by atoms with Crippen LogP contribution in [-0.4, -0.2) is 34.2 Å². The Hall–Kier alpha value is -2.45. The fourth-order valence-electron chi connectivity index (χ4n) is 6.91. The van der Waals surface area contributed by atoms with E-state index in [0.717, 1.165) is 5.57 Å². The number of halogens is 1. The molecule has 0 bridgehead atoms. The molecule has 1 aromatic heterocycles. The van der Waals surface area contributed by atoms with Crippen molar-refractivity contribution in [2.24, 2.45) is 28.9 Å². The van der Waals surface area contributed by atoms with Crippen LogP contribution < -0.4 is 5.73 Å². The second-order valence-corrected chi connectivity index (χ2v) is 10.4. The van der Waals surface area contributed by atoms with Crippen LogP contribution in [0.1, 0.15) is 43.7 Å². The molecule has 1 heterocycles. The lowest BCUT2D eigenvalue weighted by atomic mass is 9.53. The van der Waals surface area contributed by atoms with Crippen LogP contribution in [-0.2, 0) is 14.3 Å². The summed E-state index contributed by atoms with van der Waals surface area (Å²) in [5.41, 5.74) is 4.37. The van der Waals surface area contributed by atoms with Gasteiger partial charge in [-0.05, 0) is 66.5 Å². The molecule has 5 rings (SSSR count). The van der Waals surface area contributed by atoms with Gasteiger partial charge in [-0.1, -0.05) is 26.0 Å². The highest BCUT2D eigenvalue weighted by molar-refractivity contribution is 7.96. The topological polar surface area (TPSA) is 99.6 Å². The Morgan fingerprint density at radius 1 is 1.30 bits per heavy atom. The first kappa shape index (κ1) is 22.3. The molecule has 8 heteroatoms. The first-order chi connectivity index (χ1) is 15.5. The fraction of sp³-hybridized carbons (Fsp3) is 0.480. The summed E-state index contributed by atoms with van der Waals surface area (Å²) in [4.78, 5) is 37.9. The van der Waals surface area contributed by atoms with Crippen molar-refractivity contribution in [1.29, 1.82) is 0 Å². The number of rotatable bonds is 3. The number of allylic oxidation sites excluding steroid dienone is 3. The van der Waals surface area contributed by atoms with Crippen LogP contribution in [0.4, 0.5) is 4.39 Å². The summed E-state index contributed by atoms with van der Waals surface area (Å²) < 4.78 is 26.5. The molecule has 174 valence electrons. The van der Waals surface area contributed by atoms with Crippen LogP contribution in [0.2, 0.25) is 0 Å². The van der Waals surface area contributed by atoms with Crippen molar-refractivity contribution >= 4 is 29.5 Å². The highest BCUT2D eigenvalue weighted by Gasteiger charge is 2.70.